The van der Waals surface area contributed by atoms with E-state index < -0.39 is 11.9 Å². The van der Waals surface area contributed by atoms with E-state index in [1.807, 2.05) is 0 Å². The van der Waals surface area contributed by atoms with E-state index in [0.29, 0.717) is 12.2 Å². The molecule has 1 aromatic carbocycles. The van der Waals surface area contributed by atoms with Gasteiger partial charge < -0.3 is 20.4 Å². The molecule has 1 saturated heterocycles. The molecule has 7 heteroatoms. The van der Waals surface area contributed by atoms with Crippen LogP contribution >= 0.6 is 0 Å². The Kier molecular flexibility index (Phi) is 6.60. The molecule has 1 fully saturated rings. The Labute approximate surface area is 192 Å². The number of hydrogen-bond donors (Lipinski definition) is 3. The third kappa shape index (κ3) is 4.68. The van der Waals surface area contributed by atoms with Gasteiger partial charge in [0.15, 0.2) is 0 Å². The summed E-state index contributed by atoms with van der Waals surface area (Å²) >= 11 is 0. The van der Waals surface area contributed by atoms with E-state index in [1.54, 1.807) is 0 Å². The van der Waals surface area contributed by atoms with Crippen LogP contribution in [0.15, 0.2) is 76.6 Å². The number of aliphatic carboxylic acids is 2. The zero-order valence-electron chi connectivity index (χ0n) is 18.8. The van der Waals surface area contributed by atoms with Crippen molar-refractivity contribution in [1.82, 2.24) is 10.2 Å². The number of nitrogens with one attached hydrogen (secondary N) is 1. The second kappa shape index (κ2) is 9.58. The van der Waals surface area contributed by atoms with E-state index in [1.165, 1.54) is 40.7 Å². The number of fused-ring (bicyclic) bond motifs is 4. The summed E-state index contributed by atoms with van der Waals surface area (Å²) in [6, 6.07) is 8.68. The molecule has 3 N–H and O–H groups in total. The van der Waals surface area contributed by atoms with E-state index in [2.05, 4.69) is 59.6 Å². The lowest BCUT2D eigenvalue weighted by molar-refractivity contribution is -0.134. The fourth-order valence-corrected chi connectivity index (χ4v) is 5.00. The highest BCUT2D eigenvalue weighted by atomic mass is 16.4. The predicted octanol–water partition coefficient (Wildman–Crippen LogP) is 2.13. The molecule has 5 rings (SSSR count). The van der Waals surface area contributed by atoms with Gasteiger partial charge in [-0.2, -0.15) is 0 Å². The van der Waals surface area contributed by atoms with Crippen LogP contribution in [0.2, 0.25) is 0 Å². The van der Waals surface area contributed by atoms with Gasteiger partial charge in [-0.25, -0.2) is 14.6 Å². The topological polar surface area (TPSA) is 102 Å². The van der Waals surface area contributed by atoms with Crippen LogP contribution in [0.5, 0.6) is 0 Å². The molecule has 0 saturated carbocycles. The van der Waals surface area contributed by atoms with E-state index in [0.717, 1.165) is 37.7 Å². The second-order valence-electron chi connectivity index (χ2n) is 8.60. The number of carboxylic acids is 2. The normalized spacial score (nSPS) is 20.2. The van der Waals surface area contributed by atoms with Crippen molar-refractivity contribution < 1.29 is 19.8 Å². The summed E-state index contributed by atoms with van der Waals surface area (Å²) in [6.07, 6.45) is 12.3. The number of carbonyl (C=O) groups is 2. The highest BCUT2D eigenvalue weighted by molar-refractivity contribution is 5.89. The number of allylic oxidation sites excluding steroid dienone is 4. The van der Waals surface area contributed by atoms with Crippen molar-refractivity contribution in [3.63, 3.8) is 0 Å². The van der Waals surface area contributed by atoms with Crippen molar-refractivity contribution in [1.29, 1.82) is 0 Å². The van der Waals surface area contributed by atoms with Crippen LogP contribution in [0, 0.1) is 0 Å². The molecular formula is C26H29N3O4. The van der Waals surface area contributed by atoms with Gasteiger partial charge in [-0.15, -0.1) is 0 Å². The molecule has 0 bridgehead atoms. The number of nitrogens with zero attached hydrogens (tertiary/aromatic N) is 2. The highest BCUT2D eigenvalue weighted by Crippen LogP contribution is 2.44. The third-order valence-electron chi connectivity index (χ3n) is 6.44. The molecule has 3 aliphatic heterocycles. The average Bonchev–Trinajstić information content (AvgIpc) is 3.21. The van der Waals surface area contributed by atoms with Crippen molar-refractivity contribution >= 4 is 17.5 Å². The number of carboxylic acid groups (broad SMARTS) is 2. The molecule has 0 amide bonds. The summed E-state index contributed by atoms with van der Waals surface area (Å²) in [5, 5.41) is 22.1. The fraction of sp³-hybridized carbons (Fsp3) is 0.346. The van der Waals surface area contributed by atoms with Gasteiger partial charge in [-0.3, -0.25) is 0 Å². The van der Waals surface area contributed by atoms with Crippen LogP contribution in [0.3, 0.4) is 0 Å². The molecule has 33 heavy (non-hydrogen) atoms. The van der Waals surface area contributed by atoms with Crippen molar-refractivity contribution in [2.24, 2.45) is 4.99 Å². The largest absolute Gasteiger partial charge is 0.478 e. The van der Waals surface area contributed by atoms with Gasteiger partial charge in [-0.05, 0) is 44.4 Å². The van der Waals surface area contributed by atoms with Crippen LogP contribution in [0.4, 0.5) is 0 Å². The smallest absolute Gasteiger partial charge is 0.328 e. The van der Waals surface area contributed by atoms with Gasteiger partial charge in [0.05, 0.1) is 16.6 Å². The minimum Gasteiger partial charge on any atom is -0.478 e. The fourth-order valence-electron chi connectivity index (χ4n) is 5.00. The molecule has 3 heterocycles. The monoisotopic (exact) mass is 447 g/mol. The van der Waals surface area contributed by atoms with Gasteiger partial charge in [0, 0.05) is 47.3 Å². The van der Waals surface area contributed by atoms with Crippen molar-refractivity contribution in [2.75, 3.05) is 19.6 Å². The van der Waals surface area contributed by atoms with Crippen molar-refractivity contribution in [3.05, 3.63) is 82.2 Å². The van der Waals surface area contributed by atoms with E-state index >= 15 is 0 Å². The summed E-state index contributed by atoms with van der Waals surface area (Å²) in [6.45, 7) is 5.82. The van der Waals surface area contributed by atoms with Gasteiger partial charge >= 0.3 is 11.9 Å². The standard InChI is InChI=1S/C22H25N3.C4H4O4/c1-2-13-25-14-11-22(12-15-25)20-16-7-3-5-9-18(16)23-21(20)17-8-4-6-10-19(17)24-22;5-3(6)1-2-4(7)8/h3-7,9-10,24H,2,8,11-15H2,1H3;1-2H,(H,5,6)(H,7,8). The number of para-hydroxylation sites is 1. The van der Waals surface area contributed by atoms with Crippen LogP contribution in [-0.4, -0.2) is 52.2 Å². The zero-order valence-corrected chi connectivity index (χ0v) is 18.8. The van der Waals surface area contributed by atoms with E-state index in [-0.39, 0.29) is 5.54 Å². The Balaban J connectivity index is 0.000000281. The summed E-state index contributed by atoms with van der Waals surface area (Å²) in [7, 11) is 0. The molecule has 0 unspecified atom stereocenters. The molecule has 7 nitrogen and oxygen atoms in total. The Bertz CT molecular complexity index is 1180. The first-order valence-electron chi connectivity index (χ1n) is 11.4. The lowest BCUT2D eigenvalue weighted by atomic mass is 9.74. The summed E-state index contributed by atoms with van der Waals surface area (Å²) in [5.41, 5.74) is 5.41. The predicted molar refractivity (Wildman–Crippen MR) is 126 cm³/mol. The number of likely N-dealkylation sites (tertiary alicyclic amines) is 1. The molecule has 0 atom stereocenters. The average molecular weight is 448 g/mol. The van der Waals surface area contributed by atoms with Gasteiger partial charge in [0.2, 0.25) is 0 Å². The molecule has 1 aliphatic carbocycles. The molecule has 1 spiro atoms. The molecule has 4 aliphatic rings. The summed E-state index contributed by atoms with van der Waals surface area (Å²) in [4.78, 5) is 26.8. The summed E-state index contributed by atoms with van der Waals surface area (Å²) < 4.78 is 0. The Morgan fingerprint density at radius 3 is 2.52 bits per heavy atom. The van der Waals surface area contributed by atoms with Crippen LogP contribution < -0.4 is 15.9 Å². The highest BCUT2D eigenvalue weighted by Gasteiger charge is 2.45. The van der Waals surface area contributed by atoms with Gasteiger partial charge in [0.25, 0.3) is 0 Å². The Hall–Kier alpha value is -3.45. The number of piperidine rings is 1. The SMILES string of the molecule is CCCN1CCC2(CC1)NC1=CC=CCC1=C1N=c3ccccc3=C12.O=C(O)C=CC(=O)O. The zero-order chi connectivity index (χ0) is 23.4. The van der Waals surface area contributed by atoms with Crippen LogP contribution in [0.25, 0.3) is 5.57 Å². The third-order valence-corrected chi connectivity index (χ3v) is 6.44. The Morgan fingerprint density at radius 1 is 1.15 bits per heavy atom. The van der Waals surface area contributed by atoms with Crippen LogP contribution in [0.1, 0.15) is 32.6 Å². The summed E-state index contributed by atoms with van der Waals surface area (Å²) in [5.74, 6) is -2.51. The Morgan fingerprint density at radius 2 is 1.85 bits per heavy atom. The van der Waals surface area contributed by atoms with Crippen molar-refractivity contribution in [3.8, 4) is 0 Å². The maximum Gasteiger partial charge on any atom is 0.328 e. The number of benzene rings is 1. The molecule has 0 aromatic heterocycles. The minimum atomic E-state index is -1.26. The molecular weight excluding hydrogens is 418 g/mol. The van der Waals surface area contributed by atoms with Crippen molar-refractivity contribution in [2.45, 2.75) is 38.1 Å². The molecule has 0 radical (unpaired) electrons. The van der Waals surface area contributed by atoms with Crippen LogP contribution in [-0.2, 0) is 9.59 Å². The van der Waals surface area contributed by atoms with Gasteiger partial charge in [0.1, 0.15) is 0 Å². The number of rotatable bonds is 4. The first-order valence-corrected chi connectivity index (χ1v) is 11.4. The molecule has 1 aromatic rings. The first-order chi connectivity index (χ1) is 15.9. The second-order valence-corrected chi connectivity index (χ2v) is 8.60. The first kappa shape index (κ1) is 22.7. The maximum atomic E-state index is 9.55. The lowest BCUT2D eigenvalue weighted by Crippen LogP contribution is -2.57. The quantitative estimate of drug-likeness (QED) is 0.611. The molecule has 172 valence electrons. The van der Waals surface area contributed by atoms with Gasteiger partial charge in [-0.1, -0.05) is 37.3 Å². The van der Waals surface area contributed by atoms with E-state index in [9.17, 15) is 9.59 Å². The van der Waals surface area contributed by atoms with E-state index in [4.69, 9.17) is 15.2 Å². The maximum absolute atomic E-state index is 9.55. The number of hydrogen-bond acceptors (Lipinski definition) is 5. The lowest BCUT2D eigenvalue weighted by Gasteiger charge is -2.48. The minimum absolute atomic E-state index is 0.0379.